The van der Waals surface area contributed by atoms with E-state index in [2.05, 4.69) is 24.2 Å². The standard InChI is InChI=1S/C17H22N2O2/c1-5-13(10-16(20)21)14-6-8-15(9-7-14)17-11(2)18-19(4)12(17)3/h6-9,13H,5,10H2,1-4H3,(H,20,21). The number of hydrogen-bond acceptors (Lipinski definition) is 2. The van der Waals surface area contributed by atoms with E-state index in [0.29, 0.717) is 0 Å². The van der Waals surface area contributed by atoms with Gasteiger partial charge < -0.3 is 5.11 Å². The molecule has 0 aliphatic rings. The molecule has 0 saturated carbocycles. The largest absolute Gasteiger partial charge is 0.481 e. The lowest BCUT2D eigenvalue weighted by molar-refractivity contribution is -0.137. The van der Waals surface area contributed by atoms with E-state index in [4.69, 9.17) is 5.11 Å². The molecule has 0 aliphatic carbocycles. The number of hydrogen-bond donors (Lipinski definition) is 1. The zero-order valence-corrected chi connectivity index (χ0v) is 13.1. The Balaban J connectivity index is 2.32. The van der Waals surface area contributed by atoms with Crippen LogP contribution in [0, 0.1) is 13.8 Å². The van der Waals surface area contributed by atoms with Crippen molar-refractivity contribution in [3.8, 4) is 11.1 Å². The lowest BCUT2D eigenvalue weighted by atomic mass is 9.91. The van der Waals surface area contributed by atoms with E-state index in [1.54, 1.807) is 0 Å². The highest BCUT2D eigenvalue weighted by molar-refractivity contribution is 5.70. The van der Waals surface area contributed by atoms with Gasteiger partial charge in [-0.1, -0.05) is 31.2 Å². The molecular weight excluding hydrogens is 264 g/mol. The van der Waals surface area contributed by atoms with E-state index in [1.807, 2.05) is 37.7 Å². The Bertz CT molecular complexity index is 642. The average Bonchev–Trinajstić information content (AvgIpc) is 2.70. The van der Waals surface area contributed by atoms with Gasteiger partial charge in [0.25, 0.3) is 0 Å². The Morgan fingerprint density at radius 2 is 1.90 bits per heavy atom. The first kappa shape index (κ1) is 15.3. The van der Waals surface area contributed by atoms with Crippen molar-refractivity contribution in [1.29, 1.82) is 0 Å². The first-order valence-corrected chi connectivity index (χ1v) is 7.26. The summed E-state index contributed by atoms with van der Waals surface area (Å²) < 4.78 is 1.89. The van der Waals surface area contributed by atoms with E-state index in [1.165, 1.54) is 0 Å². The van der Waals surface area contributed by atoms with Crippen LogP contribution in [0.15, 0.2) is 24.3 Å². The minimum absolute atomic E-state index is 0.0765. The Hall–Kier alpha value is -2.10. The van der Waals surface area contributed by atoms with Crippen molar-refractivity contribution in [3.05, 3.63) is 41.2 Å². The van der Waals surface area contributed by atoms with Crippen LogP contribution in [-0.4, -0.2) is 20.9 Å². The second kappa shape index (κ2) is 6.12. The van der Waals surface area contributed by atoms with E-state index >= 15 is 0 Å². The van der Waals surface area contributed by atoms with Gasteiger partial charge in [0, 0.05) is 18.3 Å². The maximum absolute atomic E-state index is 10.9. The Morgan fingerprint density at radius 1 is 1.29 bits per heavy atom. The molecule has 1 heterocycles. The fraction of sp³-hybridized carbons (Fsp3) is 0.412. The van der Waals surface area contributed by atoms with Gasteiger partial charge in [0.15, 0.2) is 0 Å². The van der Waals surface area contributed by atoms with E-state index < -0.39 is 5.97 Å². The minimum Gasteiger partial charge on any atom is -0.481 e. The van der Waals surface area contributed by atoms with E-state index in [-0.39, 0.29) is 12.3 Å². The van der Waals surface area contributed by atoms with Crippen LogP contribution in [0.5, 0.6) is 0 Å². The summed E-state index contributed by atoms with van der Waals surface area (Å²) in [7, 11) is 1.94. The summed E-state index contributed by atoms with van der Waals surface area (Å²) in [6.07, 6.45) is 1.01. The number of rotatable bonds is 5. The van der Waals surface area contributed by atoms with E-state index in [0.717, 1.165) is 34.5 Å². The smallest absolute Gasteiger partial charge is 0.303 e. The van der Waals surface area contributed by atoms with Gasteiger partial charge in [-0.3, -0.25) is 9.48 Å². The third-order valence-electron chi connectivity index (χ3n) is 4.09. The summed E-state index contributed by atoms with van der Waals surface area (Å²) in [5, 5.41) is 13.4. The molecule has 0 bridgehead atoms. The minimum atomic E-state index is -0.745. The predicted octanol–water partition coefficient (Wildman–Crippen LogP) is 3.67. The molecule has 1 aromatic heterocycles. The van der Waals surface area contributed by atoms with Crippen molar-refractivity contribution in [2.75, 3.05) is 0 Å². The third-order valence-corrected chi connectivity index (χ3v) is 4.09. The van der Waals surface area contributed by atoms with Crippen LogP contribution in [0.2, 0.25) is 0 Å². The van der Waals surface area contributed by atoms with Crippen molar-refractivity contribution < 1.29 is 9.90 Å². The normalized spacial score (nSPS) is 12.4. The number of nitrogens with zero attached hydrogens (tertiary/aromatic N) is 2. The molecule has 1 N–H and O–H groups in total. The summed E-state index contributed by atoms with van der Waals surface area (Å²) in [6.45, 7) is 6.09. The van der Waals surface area contributed by atoms with Gasteiger partial charge in [-0.25, -0.2) is 0 Å². The third kappa shape index (κ3) is 3.15. The number of aliphatic carboxylic acids is 1. The summed E-state index contributed by atoms with van der Waals surface area (Å²) in [4.78, 5) is 10.9. The van der Waals surface area contributed by atoms with E-state index in [9.17, 15) is 4.79 Å². The molecule has 0 spiro atoms. The van der Waals surface area contributed by atoms with Gasteiger partial charge in [0.05, 0.1) is 12.1 Å². The number of carboxylic acid groups (broad SMARTS) is 1. The lowest BCUT2D eigenvalue weighted by Crippen LogP contribution is -2.05. The molecule has 0 fully saturated rings. The second-order valence-corrected chi connectivity index (χ2v) is 5.49. The van der Waals surface area contributed by atoms with Crippen molar-refractivity contribution in [1.82, 2.24) is 9.78 Å². The van der Waals surface area contributed by atoms with Crippen LogP contribution >= 0.6 is 0 Å². The Morgan fingerprint density at radius 3 is 2.33 bits per heavy atom. The van der Waals surface area contributed by atoms with Gasteiger partial charge in [-0.2, -0.15) is 5.10 Å². The predicted molar refractivity (Wildman–Crippen MR) is 83.4 cm³/mol. The highest BCUT2D eigenvalue weighted by Gasteiger charge is 2.15. The molecular formula is C17H22N2O2. The molecule has 0 amide bonds. The van der Waals surface area contributed by atoms with Gasteiger partial charge >= 0.3 is 5.97 Å². The van der Waals surface area contributed by atoms with Crippen LogP contribution in [0.25, 0.3) is 11.1 Å². The number of carbonyl (C=O) groups is 1. The highest BCUT2D eigenvalue weighted by Crippen LogP contribution is 2.29. The van der Waals surface area contributed by atoms with Crippen molar-refractivity contribution in [2.24, 2.45) is 7.05 Å². The number of carboxylic acids is 1. The molecule has 1 atom stereocenters. The zero-order valence-electron chi connectivity index (χ0n) is 13.1. The average molecular weight is 286 g/mol. The number of benzene rings is 1. The highest BCUT2D eigenvalue weighted by atomic mass is 16.4. The van der Waals surface area contributed by atoms with Crippen molar-refractivity contribution in [3.63, 3.8) is 0 Å². The first-order valence-electron chi connectivity index (χ1n) is 7.26. The SMILES string of the molecule is CCC(CC(=O)O)c1ccc(-c2c(C)nn(C)c2C)cc1. The Kier molecular flexibility index (Phi) is 4.46. The van der Waals surface area contributed by atoms with Crippen LogP contribution < -0.4 is 0 Å². The fourth-order valence-electron chi connectivity index (χ4n) is 2.82. The quantitative estimate of drug-likeness (QED) is 0.912. The molecule has 1 aromatic carbocycles. The zero-order chi connectivity index (χ0) is 15.6. The van der Waals surface area contributed by atoms with Crippen LogP contribution in [0.1, 0.15) is 42.6 Å². The molecule has 1 unspecified atom stereocenters. The molecule has 4 heteroatoms. The van der Waals surface area contributed by atoms with Crippen molar-refractivity contribution >= 4 is 5.97 Å². The molecule has 2 aromatic rings. The van der Waals surface area contributed by atoms with Crippen LogP contribution in [0.4, 0.5) is 0 Å². The molecule has 0 saturated heterocycles. The molecule has 21 heavy (non-hydrogen) atoms. The van der Waals surface area contributed by atoms with Gasteiger partial charge in [-0.15, -0.1) is 0 Å². The summed E-state index contributed by atoms with van der Waals surface area (Å²) >= 11 is 0. The van der Waals surface area contributed by atoms with Gasteiger partial charge in [0.2, 0.25) is 0 Å². The topological polar surface area (TPSA) is 55.1 Å². The molecule has 4 nitrogen and oxygen atoms in total. The second-order valence-electron chi connectivity index (χ2n) is 5.49. The molecule has 0 radical (unpaired) electrons. The summed E-state index contributed by atoms with van der Waals surface area (Å²) in [5.41, 5.74) is 5.53. The lowest BCUT2D eigenvalue weighted by Gasteiger charge is -2.13. The van der Waals surface area contributed by atoms with Gasteiger partial charge in [0.1, 0.15) is 0 Å². The summed E-state index contributed by atoms with van der Waals surface area (Å²) in [6, 6.07) is 8.21. The molecule has 0 aliphatic heterocycles. The van der Waals surface area contributed by atoms with Crippen LogP contribution in [0.3, 0.4) is 0 Å². The van der Waals surface area contributed by atoms with Gasteiger partial charge in [-0.05, 0) is 37.3 Å². The van der Waals surface area contributed by atoms with Crippen LogP contribution in [-0.2, 0) is 11.8 Å². The first-order chi connectivity index (χ1) is 9.93. The maximum Gasteiger partial charge on any atom is 0.303 e. The molecule has 112 valence electrons. The monoisotopic (exact) mass is 286 g/mol. The number of aryl methyl sites for hydroxylation is 2. The Labute approximate surface area is 125 Å². The number of aromatic nitrogens is 2. The summed E-state index contributed by atoms with van der Waals surface area (Å²) in [5.74, 6) is -0.669. The van der Waals surface area contributed by atoms with Crippen molar-refractivity contribution in [2.45, 2.75) is 39.5 Å². The fourth-order valence-corrected chi connectivity index (χ4v) is 2.82. The molecule has 2 rings (SSSR count). The maximum atomic E-state index is 10.9.